The van der Waals surface area contributed by atoms with Crippen LogP contribution in [0.25, 0.3) is 0 Å². The van der Waals surface area contributed by atoms with Gasteiger partial charge in [-0.05, 0) is 56.1 Å². The first-order valence-corrected chi connectivity index (χ1v) is 10.3. The number of hydrogen-bond donors (Lipinski definition) is 0. The van der Waals surface area contributed by atoms with Gasteiger partial charge in [0, 0.05) is 32.6 Å². The summed E-state index contributed by atoms with van der Waals surface area (Å²) in [6.45, 7) is 3.16. The number of likely N-dealkylation sites (tertiary alicyclic amines) is 2. The molecular weight excluding hydrogens is 340 g/mol. The fourth-order valence-electron chi connectivity index (χ4n) is 4.71. The maximum atomic E-state index is 13.1. The molecule has 2 saturated heterocycles. The van der Waals surface area contributed by atoms with Crippen LogP contribution < -0.4 is 4.74 Å². The Hall–Kier alpha value is -2.04. The lowest BCUT2D eigenvalue weighted by Gasteiger charge is -2.39. The molecule has 4 rings (SSSR count). The zero-order valence-corrected chi connectivity index (χ0v) is 16.3. The van der Waals surface area contributed by atoms with E-state index < -0.39 is 0 Å². The fraction of sp³-hybridized carbons (Fsp3) is 0.636. The number of methoxy groups -OCH3 is 1. The van der Waals surface area contributed by atoms with Gasteiger partial charge >= 0.3 is 0 Å². The highest BCUT2D eigenvalue weighted by molar-refractivity contribution is 5.86. The summed E-state index contributed by atoms with van der Waals surface area (Å²) in [7, 11) is 1.66. The molecule has 5 nitrogen and oxygen atoms in total. The van der Waals surface area contributed by atoms with Crippen LogP contribution in [0.3, 0.4) is 0 Å². The first kappa shape index (κ1) is 18.3. The quantitative estimate of drug-likeness (QED) is 0.774. The molecule has 0 N–H and O–H groups in total. The molecule has 3 fully saturated rings. The number of hydrogen-bond acceptors (Lipinski definition) is 3. The molecule has 2 aliphatic heterocycles. The van der Waals surface area contributed by atoms with Crippen LogP contribution in [0.15, 0.2) is 24.3 Å². The maximum absolute atomic E-state index is 13.1. The van der Waals surface area contributed by atoms with Crippen molar-refractivity contribution in [1.29, 1.82) is 0 Å². The standard InChI is InChI=1S/C22H30N2O3/c1-27-19-6-3-2-5-18(19)9-10-20(25)24-14-12-22(16-24)11-4-13-23(21(22)26)15-17-7-8-17/h2-3,5-6,17H,4,7-16H2,1H3. The Balaban J connectivity index is 1.35. The van der Waals surface area contributed by atoms with Crippen LogP contribution in [0.2, 0.25) is 0 Å². The highest BCUT2D eigenvalue weighted by Gasteiger charge is 2.49. The Bertz CT molecular complexity index is 715. The van der Waals surface area contributed by atoms with Crippen molar-refractivity contribution in [3.8, 4) is 5.75 Å². The van der Waals surface area contributed by atoms with Gasteiger partial charge in [0.05, 0.1) is 12.5 Å². The van der Waals surface area contributed by atoms with Crippen LogP contribution in [0.5, 0.6) is 5.75 Å². The van der Waals surface area contributed by atoms with E-state index in [1.807, 2.05) is 29.2 Å². The Kier molecular flexibility index (Phi) is 5.11. The number of benzene rings is 1. The van der Waals surface area contributed by atoms with E-state index in [0.717, 1.165) is 49.6 Å². The highest BCUT2D eigenvalue weighted by atomic mass is 16.5. The van der Waals surface area contributed by atoms with Gasteiger partial charge in [0.1, 0.15) is 5.75 Å². The SMILES string of the molecule is COc1ccccc1CCC(=O)N1CCC2(CCCN(CC3CC3)C2=O)C1. The summed E-state index contributed by atoms with van der Waals surface area (Å²) in [5, 5.41) is 0. The van der Waals surface area contributed by atoms with E-state index >= 15 is 0 Å². The molecule has 1 aliphatic carbocycles. The minimum Gasteiger partial charge on any atom is -0.496 e. The molecule has 2 heterocycles. The van der Waals surface area contributed by atoms with Gasteiger partial charge in [-0.1, -0.05) is 18.2 Å². The summed E-state index contributed by atoms with van der Waals surface area (Å²) in [6.07, 6.45) is 6.51. The number of amides is 2. The van der Waals surface area contributed by atoms with Crippen molar-refractivity contribution in [3.05, 3.63) is 29.8 Å². The predicted molar refractivity (Wildman–Crippen MR) is 103 cm³/mol. The van der Waals surface area contributed by atoms with E-state index in [9.17, 15) is 9.59 Å². The molecule has 1 aromatic carbocycles. The number of para-hydroxylation sites is 1. The van der Waals surface area contributed by atoms with Gasteiger partial charge < -0.3 is 14.5 Å². The number of carbonyl (C=O) groups is 2. The van der Waals surface area contributed by atoms with Crippen LogP contribution in [-0.2, 0) is 16.0 Å². The molecule has 2 amide bonds. The first-order chi connectivity index (χ1) is 13.1. The van der Waals surface area contributed by atoms with E-state index in [-0.39, 0.29) is 11.3 Å². The third-order valence-corrected chi connectivity index (χ3v) is 6.51. The summed E-state index contributed by atoms with van der Waals surface area (Å²) < 4.78 is 5.38. The zero-order chi connectivity index (χ0) is 18.9. The lowest BCUT2D eigenvalue weighted by Crippen LogP contribution is -2.50. The molecule has 27 heavy (non-hydrogen) atoms. The van der Waals surface area contributed by atoms with E-state index in [1.54, 1.807) is 7.11 Å². The van der Waals surface area contributed by atoms with E-state index in [4.69, 9.17) is 4.74 Å². The van der Waals surface area contributed by atoms with Crippen LogP contribution in [-0.4, -0.2) is 54.9 Å². The lowest BCUT2D eigenvalue weighted by atomic mass is 9.78. The Labute approximate surface area is 161 Å². The average molecular weight is 370 g/mol. The summed E-state index contributed by atoms with van der Waals surface area (Å²) >= 11 is 0. The van der Waals surface area contributed by atoms with Gasteiger partial charge in [0.2, 0.25) is 11.8 Å². The van der Waals surface area contributed by atoms with E-state index in [1.165, 1.54) is 12.8 Å². The molecular formula is C22H30N2O3. The first-order valence-electron chi connectivity index (χ1n) is 10.3. The highest BCUT2D eigenvalue weighted by Crippen LogP contribution is 2.42. The molecule has 5 heteroatoms. The zero-order valence-electron chi connectivity index (χ0n) is 16.3. The second-order valence-electron chi connectivity index (χ2n) is 8.46. The fourth-order valence-corrected chi connectivity index (χ4v) is 4.71. The molecule has 0 radical (unpaired) electrons. The van der Waals surface area contributed by atoms with Crippen molar-refractivity contribution in [2.45, 2.75) is 44.9 Å². The summed E-state index contributed by atoms with van der Waals surface area (Å²) in [5.41, 5.74) is 0.749. The minimum atomic E-state index is -0.312. The van der Waals surface area contributed by atoms with Gasteiger partial charge in [-0.15, -0.1) is 0 Å². The normalized spacial score (nSPS) is 25.3. The molecule has 1 atom stereocenters. The van der Waals surface area contributed by atoms with Crippen LogP contribution in [0.1, 0.15) is 44.1 Å². The van der Waals surface area contributed by atoms with E-state index in [2.05, 4.69) is 4.90 Å². The predicted octanol–water partition coefficient (Wildman–Crippen LogP) is 2.88. The minimum absolute atomic E-state index is 0.157. The topological polar surface area (TPSA) is 49.9 Å². The Morgan fingerprint density at radius 3 is 2.81 bits per heavy atom. The maximum Gasteiger partial charge on any atom is 0.230 e. The third-order valence-electron chi connectivity index (χ3n) is 6.51. The smallest absolute Gasteiger partial charge is 0.230 e. The molecule has 146 valence electrons. The van der Waals surface area contributed by atoms with E-state index in [0.29, 0.717) is 31.8 Å². The largest absolute Gasteiger partial charge is 0.496 e. The average Bonchev–Trinajstić information content (AvgIpc) is 3.41. The number of nitrogens with zero attached hydrogens (tertiary/aromatic N) is 2. The lowest BCUT2D eigenvalue weighted by molar-refractivity contribution is -0.146. The monoisotopic (exact) mass is 370 g/mol. The van der Waals surface area contributed by atoms with Gasteiger partial charge in [-0.25, -0.2) is 0 Å². The van der Waals surface area contributed by atoms with Crippen molar-refractivity contribution in [2.75, 3.05) is 33.3 Å². The molecule has 1 spiro atoms. The van der Waals surface area contributed by atoms with Gasteiger partial charge in [-0.3, -0.25) is 9.59 Å². The number of rotatable bonds is 6. The van der Waals surface area contributed by atoms with Crippen molar-refractivity contribution in [2.24, 2.45) is 11.3 Å². The molecule has 3 aliphatic rings. The number of ether oxygens (including phenoxy) is 1. The molecule has 0 aromatic heterocycles. The van der Waals surface area contributed by atoms with Crippen molar-refractivity contribution >= 4 is 11.8 Å². The Morgan fingerprint density at radius 1 is 1.22 bits per heavy atom. The second-order valence-corrected chi connectivity index (χ2v) is 8.46. The molecule has 1 aromatic rings. The number of aryl methyl sites for hydroxylation is 1. The Morgan fingerprint density at radius 2 is 2.04 bits per heavy atom. The summed E-state index contributed by atoms with van der Waals surface area (Å²) in [4.78, 5) is 29.9. The van der Waals surface area contributed by atoms with Crippen molar-refractivity contribution in [3.63, 3.8) is 0 Å². The third kappa shape index (κ3) is 3.83. The number of piperidine rings is 1. The van der Waals surface area contributed by atoms with Crippen molar-refractivity contribution in [1.82, 2.24) is 9.80 Å². The molecule has 1 unspecified atom stereocenters. The van der Waals surface area contributed by atoms with Crippen LogP contribution >= 0.6 is 0 Å². The summed E-state index contributed by atoms with van der Waals surface area (Å²) in [5.74, 6) is 2.02. The van der Waals surface area contributed by atoms with Gasteiger partial charge in [0.15, 0.2) is 0 Å². The van der Waals surface area contributed by atoms with Gasteiger partial charge in [0.25, 0.3) is 0 Å². The molecule has 1 saturated carbocycles. The van der Waals surface area contributed by atoms with Gasteiger partial charge in [-0.2, -0.15) is 0 Å². The van der Waals surface area contributed by atoms with Crippen LogP contribution in [0.4, 0.5) is 0 Å². The summed E-state index contributed by atoms with van der Waals surface area (Å²) in [6, 6.07) is 7.86. The van der Waals surface area contributed by atoms with Crippen LogP contribution in [0, 0.1) is 11.3 Å². The number of carbonyl (C=O) groups excluding carboxylic acids is 2. The second kappa shape index (κ2) is 7.53. The molecule has 0 bridgehead atoms. The van der Waals surface area contributed by atoms with Crippen molar-refractivity contribution < 1.29 is 14.3 Å².